The van der Waals surface area contributed by atoms with Crippen LogP contribution in [0.25, 0.3) is 6.08 Å². The number of hydrogen-bond donors (Lipinski definition) is 3. The highest BCUT2D eigenvalue weighted by atomic mass is 16.4. The van der Waals surface area contributed by atoms with E-state index in [1.54, 1.807) is 0 Å². The predicted octanol–water partition coefficient (Wildman–Crippen LogP) is 1.57. The molecule has 0 aliphatic carbocycles. The molecule has 0 aromatic heterocycles. The van der Waals surface area contributed by atoms with Crippen LogP contribution in [-0.2, 0) is 4.79 Å². The summed E-state index contributed by atoms with van der Waals surface area (Å²) in [7, 11) is 0. The first-order valence-electron chi connectivity index (χ1n) is 4.85. The molecule has 0 saturated carbocycles. The Labute approximate surface area is 102 Å². The molecule has 0 radical (unpaired) electrons. The van der Waals surface area contributed by atoms with Crippen LogP contribution in [0, 0.1) is 0 Å². The van der Waals surface area contributed by atoms with Crippen LogP contribution in [0.4, 0.5) is 0 Å². The van der Waals surface area contributed by atoms with Crippen LogP contribution in [0.2, 0.25) is 0 Å². The van der Waals surface area contributed by atoms with Crippen LogP contribution in [0.15, 0.2) is 23.8 Å². The van der Waals surface area contributed by atoms with Crippen molar-refractivity contribution >= 4 is 24.0 Å². The molecule has 0 saturated heterocycles. The number of carboxylic acids is 3. The summed E-state index contributed by atoms with van der Waals surface area (Å²) in [6.07, 6.45) is 1.12. The van der Waals surface area contributed by atoms with Crippen molar-refractivity contribution in [3.63, 3.8) is 0 Å². The summed E-state index contributed by atoms with van der Waals surface area (Å²) in [6.45, 7) is 1.29. The Hall–Kier alpha value is -2.63. The van der Waals surface area contributed by atoms with Gasteiger partial charge in [0.05, 0.1) is 11.1 Å². The van der Waals surface area contributed by atoms with Gasteiger partial charge in [0.15, 0.2) is 0 Å². The summed E-state index contributed by atoms with van der Waals surface area (Å²) in [5, 5.41) is 26.6. The van der Waals surface area contributed by atoms with Crippen molar-refractivity contribution in [1.82, 2.24) is 0 Å². The number of carbonyl (C=O) groups is 3. The van der Waals surface area contributed by atoms with Crippen molar-refractivity contribution in [2.24, 2.45) is 0 Å². The lowest BCUT2D eigenvalue weighted by Crippen LogP contribution is -2.10. The summed E-state index contributed by atoms with van der Waals surface area (Å²) in [4.78, 5) is 32.6. The summed E-state index contributed by atoms with van der Waals surface area (Å²) < 4.78 is 0. The maximum Gasteiger partial charge on any atom is 0.337 e. The second-order valence-corrected chi connectivity index (χ2v) is 3.51. The number of carboxylic acid groups (broad SMARTS) is 3. The van der Waals surface area contributed by atoms with E-state index in [9.17, 15) is 14.4 Å². The van der Waals surface area contributed by atoms with Gasteiger partial charge in [-0.1, -0.05) is 12.1 Å². The van der Waals surface area contributed by atoms with Crippen LogP contribution >= 0.6 is 0 Å². The molecular formula is C12H10O6. The quantitative estimate of drug-likeness (QED) is 0.699. The molecule has 6 nitrogen and oxygen atoms in total. The molecule has 1 aromatic carbocycles. The average molecular weight is 250 g/mol. The zero-order valence-electron chi connectivity index (χ0n) is 9.38. The van der Waals surface area contributed by atoms with Gasteiger partial charge in [-0.3, -0.25) is 0 Å². The van der Waals surface area contributed by atoms with Crippen LogP contribution in [0.3, 0.4) is 0 Å². The molecule has 18 heavy (non-hydrogen) atoms. The normalized spacial score (nSPS) is 11.1. The topological polar surface area (TPSA) is 112 Å². The summed E-state index contributed by atoms with van der Waals surface area (Å²) >= 11 is 0. The first-order chi connectivity index (χ1) is 8.34. The van der Waals surface area contributed by atoms with Crippen molar-refractivity contribution in [2.45, 2.75) is 6.92 Å². The molecule has 0 amide bonds. The van der Waals surface area contributed by atoms with Gasteiger partial charge in [0, 0.05) is 5.57 Å². The molecule has 1 rings (SSSR count). The summed E-state index contributed by atoms with van der Waals surface area (Å²) in [5.74, 6) is -4.00. The fourth-order valence-corrected chi connectivity index (χ4v) is 1.40. The highest BCUT2D eigenvalue weighted by Gasteiger charge is 2.19. The third-order valence-electron chi connectivity index (χ3n) is 2.25. The summed E-state index contributed by atoms with van der Waals surface area (Å²) in [6, 6.07) is 3.86. The molecule has 1 aromatic rings. The number of aromatic carboxylic acids is 2. The van der Waals surface area contributed by atoms with Crippen molar-refractivity contribution in [3.05, 3.63) is 40.5 Å². The standard InChI is InChI=1S/C12H10O6/c1-6(10(13)14)5-7-3-2-4-8(11(15)16)9(7)12(17)18/h2-5H,1H3,(H,13,14)(H,15,16)(H,17,18). The molecule has 0 aliphatic rings. The molecular weight excluding hydrogens is 240 g/mol. The fourth-order valence-electron chi connectivity index (χ4n) is 1.40. The molecule has 3 N–H and O–H groups in total. The zero-order chi connectivity index (χ0) is 13.9. The number of rotatable bonds is 4. The van der Waals surface area contributed by atoms with Gasteiger partial charge < -0.3 is 15.3 Å². The Balaban J connectivity index is 3.50. The molecule has 0 aliphatic heterocycles. The molecule has 0 spiro atoms. The van der Waals surface area contributed by atoms with Gasteiger partial charge in [-0.25, -0.2) is 14.4 Å². The Morgan fingerprint density at radius 1 is 1.06 bits per heavy atom. The maximum atomic E-state index is 11.1. The van der Waals surface area contributed by atoms with Gasteiger partial charge in [-0.2, -0.15) is 0 Å². The highest BCUT2D eigenvalue weighted by Crippen LogP contribution is 2.18. The van der Waals surface area contributed by atoms with Crippen molar-refractivity contribution in [2.75, 3.05) is 0 Å². The van der Waals surface area contributed by atoms with E-state index >= 15 is 0 Å². The van der Waals surface area contributed by atoms with Crippen molar-refractivity contribution < 1.29 is 29.7 Å². The monoisotopic (exact) mass is 250 g/mol. The third kappa shape index (κ3) is 2.73. The maximum absolute atomic E-state index is 11.1. The van der Waals surface area contributed by atoms with Crippen molar-refractivity contribution in [1.29, 1.82) is 0 Å². The zero-order valence-corrected chi connectivity index (χ0v) is 9.38. The van der Waals surface area contributed by atoms with E-state index in [4.69, 9.17) is 15.3 Å². The molecule has 0 bridgehead atoms. The van der Waals surface area contributed by atoms with Crippen LogP contribution in [-0.4, -0.2) is 33.2 Å². The minimum absolute atomic E-state index is 0.0438. The highest BCUT2D eigenvalue weighted by molar-refractivity contribution is 6.05. The number of hydrogen-bond acceptors (Lipinski definition) is 3. The lowest BCUT2D eigenvalue weighted by molar-refractivity contribution is -0.132. The van der Waals surface area contributed by atoms with E-state index in [0.717, 1.165) is 12.1 Å². The van der Waals surface area contributed by atoms with Crippen LogP contribution in [0.1, 0.15) is 33.2 Å². The van der Waals surface area contributed by atoms with E-state index < -0.39 is 23.5 Å². The minimum Gasteiger partial charge on any atom is -0.478 e. The lowest BCUT2D eigenvalue weighted by atomic mass is 9.99. The van der Waals surface area contributed by atoms with E-state index in [0.29, 0.717) is 0 Å². The lowest BCUT2D eigenvalue weighted by Gasteiger charge is -2.06. The Bertz CT molecular complexity index is 556. The Kier molecular flexibility index (Phi) is 3.83. The van der Waals surface area contributed by atoms with Gasteiger partial charge in [-0.15, -0.1) is 0 Å². The van der Waals surface area contributed by atoms with Gasteiger partial charge >= 0.3 is 17.9 Å². The van der Waals surface area contributed by atoms with Crippen LogP contribution in [0.5, 0.6) is 0 Å². The van der Waals surface area contributed by atoms with Gasteiger partial charge in [0.1, 0.15) is 0 Å². The van der Waals surface area contributed by atoms with E-state index in [1.165, 1.54) is 19.1 Å². The Morgan fingerprint density at radius 2 is 1.67 bits per heavy atom. The number of aliphatic carboxylic acids is 1. The van der Waals surface area contributed by atoms with Crippen LogP contribution < -0.4 is 0 Å². The first-order valence-corrected chi connectivity index (χ1v) is 4.85. The largest absolute Gasteiger partial charge is 0.478 e. The average Bonchev–Trinajstić information content (AvgIpc) is 2.27. The van der Waals surface area contributed by atoms with Gasteiger partial charge in [-0.05, 0) is 24.6 Å². The first kappa shape index (κ1) is 13.4. The second kappa shape index (κ2) is 5.13. The smallest absolute Gasteiger partial charge is 0.337 e. The van der Waals surface area contributed by atoms with Gasteiger partial charge in [0.2, 0.25) is 0 Å². The molecule has 6 heteroatoms. The van der Waals surface area contributed by atoms with Gasteiger partial charge in [0.25, 0.3) is 0 Å². The van der Waals surface area contributed by atoms with E-state index in [1.807, 2.05) is 0 Å². The third-order valence-corrected chi connectivity index (χ3v) is 2.25. The number of benzene rings is 1. The minimum atomic E-state index is -1.42. The second-order valence-electron chi connectivity index (χ2n) is 3.51. The van der Waals surface area contributed by atoms with E-state index in [-0.39, 0.29) is 16.7 Å². The molecule has 0 fully saturated rings. The molecule has 0 heterocycles. The predicted molar refractivity (Wildman–Crippen MR) is 61.6 cm³/mol. The van der Waals surface area contributed by atoms with E-state index in [2.05, 4.69) is 0 Å². The molecule has 0 unspecified atom stereocenters. The fraction of sp³-hybridized carbons (Fsp3) is 0.0833. The molecule has 94 valence electrons. The summed E-state index contributed by atoms with van der Waals surface area (Å²) in [5.41, 5.74) is -0.845. The Morgan fingerprint density at radius 3 is 2.11 bits per heavy atom. The van der Waals surface area contributed by atoms with Crippen molar-refractivity contribution in [3.8, 4) is 0 Å². The SMILES string of the molecule is CC(=Cc1cccc(C(=O)O)c1C(=O)O)C(=O)O. The molecule has 0 atom stereocenters.